The lowest BCUT2D eigenvalue weighted by molar-refractivity contribution is -0.118. The van der Waals surface area contributed by atoms with Gasteiger partial charge in [-0.05, 0) is 12.1 Å². The summed E-state index contributed by atoms with van der Waals surface area (Å²) in [5, 5.41) is 24.8. The highest BCUT2D eigenvalue weighted by Crippen LogP contribution is 2.56. The van der Waals surface area contributed by atoms with Gasteiger partial charge in [-0.2, -0.15) is 10.2 Å². The Morgan fingerprint density at radius 2 is 1.84 bits per heavy atom. The second kappa shape index (κ2) is 18.9. The molecule has 62 heavy (non-hydrogen) atoms. The Morgan fingerprint density at radius 3 is 2.55 bits per heavy atom. The highest BCUT2D eigenvalue weighted by Gasteiger charge is 2.52. The average Bonchev–Trinajstić information content (AvgIpc) is 4.02. The summed E-state index contributed by atoms with van der Waals surface area (Å²) in [6, 6.07) is 10.4. The van der Waals surface area contributed by atoms with Crippen molar-refractivity contribution in [3.05, 3.63) is 76.9 Å². The summed E-state index contributed by atoms with van der Waals surface area (Å²) >= 11 is 0. The maximum Gasteiger partial charge on any atom is 0.695 e. The number of carbonyl (C=O) groups is 2. The number of ether oxygens (including phenoxy) is 2. The van der Waals surface area contributed by atoms with Gasteiger partial charge in [0.1, 0.15) is 24.4 Å². The average molecular weight is 898 g/mol. The zero-order valence-electron chi connectivity index (χ0n) is 33.6. The van der Waals surface area contributed by atoms with Gasteiger partial charge in [-0.25, -0.2) is 19.5 Å². The molecular formula is C37H43N10O13P2+. The summed E-state index contributed by atoms with van der Waals surface area (Å²) in [6.07, 6.45) is -0.987. The van der Waals surface area contributed by atoms with Crippen molar-refractivity contribution in [2.75, 3.05) is 30.5 Å². The Kier molecular flexibility index (Phi) is 13.6. The molecule has 6 heterocycles. The van der Waals surface area contributed by atoms with E-state index in [9.17, 15) is 38.8 Å². The predicted octanol–water partition coefficient (Wildman–Crippen LogP) is 3.79. The fourth-order valence-corrected chi connectivity index (χ4v) is 9.10. The van der Waals surface area contributed by atoms with E-state index in [0.717, 1.165) is 0 Å². The number of nitrogens with one attached hydrogen (secondary N) is 3. The minimum absolute atomic E-state index is 0.0373. The lowest BCUT2D eigenvalue weighted by Crippen LogP contribution is -2.32. The van der Waals surface area contributed by atoms with E-state index in [1.807, 2.05) is 6.07 Å². The van der Waals surface area contributed by atoms with E-state index in [0.29, 0.717) is 11.3 Å². The van der Waals surface area contributed by atoms with E-state index >= 15 is 0 Å². The number of amides is 2. The second-order valence-electron chi connectivity index (χ2n) is 14.8. The number of hydrogen-bond donors (Lipinski definition) is 5. The Hall–Kier alpha value is -5.37. The van der Waals surface area contributed by atoms with Crippen LogP contribution in [0.4, 0.5) is 11.8 Å². The summed E-state index contributed by atoms with van der Waals surface area (Å²) in [4.78, 5) is 68.0. The van der Waals surface area contributed by atoms with Crippen molar-refractivity contribution in [3.8, 4) is 6.07 Å². The number of H-pyrrole nitrogens is 1. The van der Waals surface area contributed by atoms with Crippen LogP contribution in [0.25, 0.3) is 16.8 Å². The molecule has 2 fully saturated rings. The van der Waals surface area contributed by atoms with Crippen LogP contribution in [0.1, 0.15) is 62.5 Å². The third-order valence-electron chi connectivity index (χ3n) is 10.4. The molecule has 2 aliphatic rings. The fraction of sp³-hybridized carbons (Fsp3) is 0.459. The molecule has 10 unspecified atom stereocenters. The highest BCUT2D eigenvalue weighted by atomic mass is 31.2. The summed E-state index contributed by atoms with van der Waals surface area (Å²) in [6.45, 7) is 5.18. The molecule has 23 nitrogen and oxygen atoms in total. The van der Waals surface area contributed by atoms with Gasteiger partial charge >= 0.3 is 16.1 Å². The molecule has 2 saturated heterocycles. The molecular weight excluding hydrogens is 854 g/mol. The van der Waals surface area contributed by atoms with Gasteiger partial charge in [0.15, 0.2) is 28.9 Å². The van der Waals surface area contributed by atoms with Gasteiger partial charge in [0, 0.05) is 40.3 Å². The first-order chi connectivity index (χ1) is 29.7. The van der Waals surface area contributed by atoms with Crippen LogP contribution in [-0.2, 0) is 41.5 Å². The van der Waals surface area contributed by atoms with Crippen molar-refractivity contribution in [1.82, 2.24) is 33.9 Å². The third-order valence-corrected chi connectivity index (χ3v) is 12.3. The van der Waals surface area contributed by atoms with Crippen LogP contribution in [-0.4, -0.2) is 99.9 Å². The van der Waals surface area contributed by atoms with Gasteiger partial charge in [-0.1, -0.05) is 45.9 Å². The monoisotopic (exact) mass is 897 g/mol. The van der Waals surface area contributed by atoms with Gasteiger partial charge in [-0.3, -0.25) is 47.2 Å². The first-order valence-corrected chi connectivity index (χ1v) is 22.0. The number of fused-ring (bicyclic) bond motifs is 2. The number of aliphatic hydroxyl groups is 1. The quantitative estimate of drug-likeness (QED) is 0.0655. The van der Waals surface area contributed by atoms with E-state index in [4.69, 9.17) is 27.6 Å². The van der Waals surface area contributed by atoms with Gasteiger partial charge in [-0.15, -0.1) is 9.42 Å². The summed E-state index contributed by atoms with van der Waals surface area (Å²) in [5.41, 5.74) is 0.308. The normalized spacial score (nSPS) is 24.9. The Labute approximate surface area is 353 Å². The molecule has 0 saturated carbocycles. The molecule has 0 radical (unpaired) electrons. The Bertz CT molecular complexity index is 2600. The molecule has 2 amide bonds. The minimum Gasteiger partial charge on any atom is -0.394 e. The molecule has 2 aliphatic heterocycles. The molecule has 328 valence electrons. The molecule has 1 aromatic carbocycles. The van der Waals surface area contributed by atoms with E-state index in [-0.39, 0.29) is 35.0 Å². The molecule has 5 aromatic rings. The van der Waals surface area contributed by atoms with Crippen molar-refractivity contribution in [3.63, 3.8) is 0 Å². The van der Waals surface area contributed by atoms with Gasteiger partial charge in [0.25, 0.3) is 11.5 Å². The first-order valence-electron chi connectivity index (χ1n) is 19.4. The number of nitriles is 1. The molecule has 5 N–H and O–H groups in total. The zero-order chi connectivity index (χ0) is 44.3. The van der Waals surface area contributed by atoms with Crippen LogP contribution in [0.2, 0.25) is 0 Å². The second-order valence-corrected chi connectivity index (χ2v) is 17.1. The van der Waals surface area contributed by atoms with Crippen molar-refractivity contribution >= 4 is 56.5 Å². The van der Waals surface area contributed by atoms with Crippen LogP contribution in [0.3, 0.4) is 0 Å². The van der Waals surface area contributed by atoms with E-state index in [2.05, 4.69) is 35.6 Å². The smallest absolute Gasteiger partial charge is 0.394 e. The molecule has 25 heteroatoms. The number of phosphoric ester groups is 1. The number of nitrogens with zero attached hydrogens (tertiary/aromatic N) is 7. The summed E-state index contributed by atoms with van der Waals surface area (Å²) in [5.74, 6) is -2.64. The predicted molar refractivity (Wildman–Crippen MR) is 215 cm³/mol. The van der Waals surface area contributed by atoms with Crippen molar-refractivity contribution in [2.24, 2.45) is 17.8 Å². The third kappa shape index (κ3) is 9.35. The molecule has 10 atom stereocenters. The van der Waals surface area contributed by atoms with E-state index in [1.54, 1.807) is 68.6 Å². The van der Waals surface area contributed by atoms with E-state index in [1.165, 1.54) is 23.3 Å². The van der Waals surface area contributed by atoms with Crippen LogP contribution in [0.5, 0.6) is 0 Å². The van der Waals surface area contributed by atoms with Gasteiger partial charge in [0.2, 0.25) is 11.9 Å². The number of benzene rings is 1. The van der Waals surface area contributed by atoms with Crippen molar-refractivity contribution < 1.29 is 56.3 Å². The SMILES string of the molecule is CC(C)C(=O)Nc1nc2c(ncn2C2OC(CO)C(C)C2OP(=O)(OCCC#N)OCC2OC(c3cnc4c(NC(=O)c5ccccc5)nccn34)C(C)C2O[P+](=O)O)c(=O)[nH]1. The maximum absolute atomic E-state index is 14.6. The molecule has 4 aromatic heterocycles. The zero-order valence-corrected chi connectivity index (χ0v) is 35.4. The van der Waals surface area contributed by atoms with Gasteiger partial charge < -0.3 is 19.9 Å². The van der Waals surface area contributed by atoms with Crippen molar-refractivity contribution in [2.45, 2.75) is 70.9 Å². The number of carbonyl (C=O) groups excluding carboxylic acids is 2. The number of rotatable bonds is 17. The first kappa shape index (κ1) is 44.7. The molecule has 7 rings (SSSR count). The number of aromatic amines is 1. The fourth-order valence-electron chi connectivity index (χ4n) is 7.13. The van der Waals surface area contributed by atoms with Crippen molar-refractivity contribution in [1.29, 1.82) is 5.26 Å². The molecule has 0 aliphatic carbocycles. The van der Waals surface area contributed by atoms with Crippen LogP contribution < -0.4 is 16.2 Å². The Balaban J connectivity index is 1.15. The van der Waals surface area contributed by atoms with E-state index < -0.39 is 108 Å². The van der Waals surface area contributed by atoms with Gasteiger partial charge in [0.05, 0.1) is 56.6 Å². The van der Waals surface area contributed by atoms with Crippen LogP contribution in [0, 0.1) is 29.1 Å². The standard InChI is InChI=1S/C37H42N10O13P2/c1-19(2)33(49)44-37-43-31-26(35(51)45-37)41-18-47(31)36-29(20(3)24(16-48)58-36)60-62(54,55-14-8-11-38)56-17-25-28(59-61(52)53)21(4)27(57-25)23-15-40-32-30(39-12-13-46(23)32)42-34(50)22-9-6-5-7-10-22/h5-7,9-10,12-13,15,18-21,24-25,27-29,36,48H,8,14,16-17H2,1-4H3,(H3-,39,42,43,44,45,49,50,51,52,53)/p+1. The lowest BCUT2D eigenvalue weighted by atomic mass is 9.97. The number of phosphoric acid groups is 1. The maximum atomic E-state index is 14.6. The molecule has 0 bridgehead atoms. The summed E-state index contributed by atoms with van der Waals surface area (Å²) in [7, 11) is -7.93. The Morgan fingerprint density at radius 1 is 1.06 bits per heavy atom. The topological polar surface area (TPSA) is 306 Å². The van der Waals surface area contributed by atoms with Crippen LogP contribution in [0.15, 0.2) is 60.0 Å². The number of hydrogen-bond acceptors (Lipinski definition) is 17. The number of aliphatic hydroxyl groups excluding tert-OH is 1. The minimum atomic E-state index is -4.75. The molecule has 0 spiro atoms. The highest BCUT2D eigenvalue weighted by molar-refractivity contribution is 7.48. The summed E-state index contributed by atoms with van der Waals surface area (Å²) < 4.78 is 65.3. The number of imidazole rings is 2. The lowest BCUT2D eigenvalue weighted by Gasteiger charge is -2.27. The largest absolute Gasteiger partial charge is 0.695 e. The van der Waals surface area contributed by atoms with Crippen LogP contribution >= 0.6 is 16.1 Å². The number of anilines is 2. The number of aromatic nitrogens is 7.